The van der Waals surface area contributed by atoms with Crippen LogP contribution in [0.15, 0.2) is 41.6 Å². The molecule has 2 aromatic carbocycles. The third-order valence-electron chi connectivity index (χ3n) is 5.72. The van der Waals surface area contributed by atoms with Gasteiger partial charge in [-0.1, -0.05) is 35.0 Å². The molecule has 1 unspecified atom stereocenters. The fourth-order valence-electron chi connectivity index (χ4n) is 4.07. The van der Waals surface area contributed by atoms with E-state index in [1.165, 1.54) is 18.2 Å². The predicted molar refractivity (Wildman–Crippen MR) is 115 cm³/mol. The van der Waals surface area contributed by atoms with Crippen LogP contribution >= 0.6 is 0 Å². The lowest BCUT2D eigenvalue weighted by Crippen LogP contribution is -2.38. The molecule has 4 rings (SSSR count). The maximum Gasteiger partial charge on any atom is 0.211 e. The van der Waals surface area contributed by atoms with Crippen LogP contribution in [0.5, 0.6) is 0 Å². The number of oxime groups is 1. The molecule has 1 saturated heterocycles. The topological polar surface area (TPSA) is 71.0 Å². The summed E-state index contributed by atoms with van der Waals surface area (Å²) in [5.74, 6) is -0.504. The van der Waals surface area contributed by atoms with Crippen molar-refractivity contribution >= 4 is 15.9 Å². The highest BCUT2D eigenvalue weighted by molar-refractivity contribution is 7.89. The summed E-state index contributed by atoms with van der Waals surface area (Å²) >= 11 is 0. The zero-order valence-electron chi connectivity index (χ0n) is 17.4. The molecular formula is C22H25F2N3O3S. The molecule has 2 aromatic rings. The molecule has 1 N–H and O–H groups in total. The van der Waals surface area contributed by atoms with Crippen molar-refractivity contribution in [2.75, 3.05) is 18.8 Å². The molecule has 1 fully saturated rings. The molecule has 31 heavy (non-hydrogen) atoms. The van der Waals surface area contributed by atoms with Crippen molar-refractivity contribution in [2.24, 2.45) is 5.16 Å². The Morgan fingerprint density at radius 3 is 2.68 bits per heavy atom. The Bertz CT molecular complexity index is 1100. The molecule has 2 aliphatic heterocycles. The van der Waals surface area contributed by atoms with E-state index in [-0.39, 0.29) is 17.4 Å². The Hall–Kier alpha value is -2.52. The Kier molecular flexibility index (Phi) is 5.98. The van der Waals surface area contributed by atoms with Gasteiger partial charge in [-0.25, -0.2) is 21.9 Å². The van der Waals surface area contributed by atoms with Gasteiger partial charge in [-0.2, -0.15) is 0 Å². The number of halogens is 2. The van der Waals surface area contributed by atoms with Gasteiger partial charge in [0.05, 0.1) is 17.7 Å². The van der Waals surface area contributed by atoms with E-state index in [1.54, 1.807) is 13.0 Å². The van der Waals surface area contributed by atoms with Crippen LogP contribution in [0, 0.1) is 18.6 Å². The maximum absolute atomic E-state index is 14.5. The monoisotopic (exact) mass is 449 g/mol. The molecule has 0 radical (unpaired) electrons. The third-order valence-corrected chi connectivity index (χ3v) is 7.17. The van der Waals surface area contributed by atoms with Crippen molar-refractivity contribution in [1.29, 1.82) is 0 Å². The van der Waals surface area contributed by atoms with E-state index in [0.717, 1.165) is 5.56 Å². The van der Waals surface area contributed by atoms with E-state index < -0.39 is 27.8 Å². The Balaban J connectivity index is 1.53. The summed E-state index contributed by atoms with van der Waals surface area (Å²) in [4.78, 5) is 7.67. The summed E-state index contributed by atoms with van der Waals surface area (Å²) in [6, 6.07) is 9.10. The van der Waals surface area contributed by atoms with Crippen molar-refractivity contribution in [1.82, 2.24) is 9.62 Å². The average molecular weight is 450 g/mol. The minimum Gasteiger partial charge on any atom is -0.386 e. The summed E-state index contributed by atoms with van der Waals surface area (Å²) in [6.45, 7) is 4.64. The highest BCUT2D eigenvalue weighted by atomic mass is 32.2. The summed E-state index contributed by atoms with van der Waals surface area (Å²) in [6.07, 6.45) is 0.648. The van der Waals surface area contributed by atoms with Gasteiger partial charge in [-0.05, 0) is 38.0 Å². The molecule has 0 amide bonds. The fourth-order valence-corrected chi connectivity index (χ4v) is 4.94. The minimum absolute atomic E-state index is 0.0401. The quantitative estimate of drug-likeness (QED) is 0.755. The lowest BCUT2D eigenvalue weighted by molar-refractivity contribution is 0.0859. The van der Waals surface area contributed by atoms with Crippen LogP contribution in [0.3, 0.4) is 0 Å². The molecule has 0 saturated carbocycles. The number of hydrogen-bond acceptors (Lipinski definition) is 5. The van der Waals surface area contributed by atoms with E-state index in [1.807, 2.05) is 24.0 Å². The first-order valence-corrected chi connectivity index (χ1v) is 11.9. The number of aryl methyl sites for hydroxylation is 1. The first-order chi connectivity index (χ1) is 14.8. The predicted octanol–water partition coefficient (Wildman–Crippen LogP) is 3.73. The third kappa shape index (κ3) is 4.57. The minimum atomic E-state index is -3.27. The standard InChI is InChI=1S/C22H25F2N3O3S/c1-3-31(28,29)26-15-9-10-27(13-15)21-12-20(30-25-21)16-8-7-14(2)11-17(16)22-18(23)5-4-6-19(22)24/h4-8,11,15,20,26H,3,9-10,12-13H2,1-2H3/t15-,20?/m0/s1. The van der Waals surface area contributed by atoms with E-state index in [9.17, 15) is 17.2 Å². The van der Waals surface area contributed by atoms with Gasteiger partial charge in [0, 0.05) is 24.7 Å². The molecule has 2 aliphatic rings. The number of nitrogens with one attached hydrogen (secondary N) is 1. The lowest BCUT2D eigenvalue weighted by atomic mass is 9.92. The normalized spacial score (nSPS) is 21.3. The van der Waals surface area contributed by atoms with Gasteiger partial charge in [-0.15, -0.1) is 0 Å². The van der Waals surface area contributed by atoms with Crippen molar-refractivity contribution < 1.29 is 22.0 Å². The molecule has 2 atom stereocenters. The van der Waals surface area contributed by atoms with Gasteiger partial charge in [0.15, 0.2) is 6.10 Å². The molecule has 6 nitrogen and oxygen atoms in total. The number of nitrogens with zero attached hydrogens (tertiary/aromatic N) is 2. The molecule has 0 aromatic heterocycles. The first kappa shape index (κ1) is 21.7. The second-order valence-electron chi connectivity index (χ2n) is 7.95. The molecule has 2 heterocycles. The van der Waals surface area contributed by atoms with E-state index in [2.05, 4.69) is 9.88 Å². The van der Waals surface area contributed by atoms with Crippen LogP contribution in [0.1, 0.15) is 37.0 Å². The number of sulfonamides is 1. The second-order valence-corrected chi connectivity index (χ2v) is 9.99. The molecule has 0 aliphatic carbocycles. The molecular weight excluding hydrogens is 424 g/mol. The van der Waals surface area contributed by atoms with Crippen molar-refractivity contribution in [3.05, 3.63) is 59.2 Å². The Morgan fingerprint density at radius 2 is 1.97 bits per heavy atom. The summed E-state index contributed by atoms with van der Waals surface area (Å²) in [5, 5.41) is 4.21. The number of rotatable bonds is 5. The van der Waals surface area contributed by atoms with Crippen LogP contribution < -0.4 is 4.72 Å². The van der Waals surface area contributed by atoms with Gasteiger partial charge in [0.2, 0.25) is 10.0 Å². The molecule has 0 spiro atoms. The smallest absolute Gasteiger partial charge is 0.211 e. The van der Waals surface area contributed by atoms with Crippen LogP contribution in [-0.2, 0) is 14.9 Å². The van der Waals surface area contributed by atoms with E-state index >= 15 is 0 Å². The number of likely N-dealkylation sites (tertiary alicyclic amines) is 1. The highest BCUT2D eigenvalue weighted by Crippen LogP contribution is 2.38. The van der Waals surface area contributed by atoms with Gasteiger partial charge in [0.25, 0.3) is 0 Å². The highest BCUT2D eigenvalue weighted by Gasteiger charge is 2.34. The Morgan fingerprint density at radius 1 is 1.23 bits per heavy atom. The van der Waals surface area contributed by atoms with Crippen LogP contribution in [0.25, 0.3) is 11.1 Å². The summed E-state index contributed by atoms with van der Waals surface area (Å²) < 4.78 is 55.3. The SMILES string of the molecule is CCS(=O)(=O)N[C@H]1CCN(C2=NOC(c3ccc(C)cc3-c3c(F)cccc3F)C2)C1. The maximum atomic E-state index is 14.5. The van der Waals surface area contributed by atoms with Crippen molar-refractivity contribution in [3.8, 4) is 11.1 Å². The van der Waals surface area contributed by atoms with Crippen molar-refractivity contribution in [2.45, 2.75) is 38.8 Å². The largest absolute Gasteiger partial charge is 0.386 e. The van der Waals surface area contributed by atoms with E-state index in [4.69, 9.17) is 4.84 Å². The second kappa shape index (κ2) is 8.55. The fraction of sp³-hybridized carbons (Fsp3) is 0.409. The molecule has 0 bridgehead atoms. The van der Waals surface area contributed by atoms with Gasteiger partial charge in [0.1, 0.15) is 17.5 Å². The van der Waals surface area contributed by atoms with Crippen LogP contribution in [-0.4, -0.2) is 44.0 Å². The first-order valence-electron chi connectivity index (χ1n) is 10.3. The lowest BCUT2D eigenvalue weighted by Gasteiger charge is -2.19. The zero-order valence-corrected chi connectivity index (χ0v) is 18.3. The Labute approximate surface area is 180 Å². The van der Waals surface area contributed by atoms with Gasteiger partial charge in [-0.3, -0.25) is 0 Å². The van der Waals surface area contributed by atoms with Crippen LogP contribution in [0.4, 0.5) is 8.78 Å². The van der Waals surface area contributed by atoms with Crippen molar-refractivity contribution in [3.63, 3.8) is 0 Å². The van der Waals surface area contributed by atoms with E-state index in [0.29, 0.717) is 42.9 Å². The average Bonchev–Trinajstić information content (AvgIpc) is 3.37. The van der Waals surface area contributed by atoms with Gasteiger partial charge >= 0.3 is 0 Å². The summed E-state index contributed by atoms with van der Waals surface area (Å²) in [5.41, 5.74) is 1.92. The molecule has 9 heteroatoms. The van der Waals surface area contributed by atoms with Crippen LogP contribution in [0.2, 0.25) is 0 Å². The molecule has 166 valence electrons. The number of amidine groups is 1. The number of benzene rings is 2. The zero-order chi connectivity index (χ0) is 22.2. The number of hydrogen-bond donors (Lipinski definition) is 1. The summed E-state index contributed by atoms with van der Waals surface area (Å²) in [7, 11) is -3.27. The van der Waals surface area contributed by atoms with Gasteiger partial charge < -0.3 is 9.74 Å².